The summed E-state index contributed by atoms with van der Waals surface area (Å²) in [5.74, 6) is 0. The summed E-state index contributed by atoms with van der Waals surface area (Å²) in [5.41, 5.74) is 1.28. The Balaban J connectivity index is 1.69. The van der Waals surface area contributed by atoms with E-state index in [0.29, 0.717) is 13.2 Å². The maximum atomic E-state index is 5.40. The number of hydrogen-bond acceptors (Lipinski definition) is 4. The Morgan fingerprint density at radius 2 is 1.85 bits per heavy atom. The minimum Gasteiger partial charge on any atom is -0.382 e. The first-order chi connectivity index (χ1) is 9.90. The number of rotatable bonds is 9. The molecule has 1 N–H and O–H groups in total. The van der Waals surface area contributed by atoms with Gasteiger partial charge in [0.15, 0.2) is 0 Å². The van der Waals surface area contributed by atoms with Gasteiger partial charge in [0.1, 0.15) is 0 Å². The molecule has 0 aliphatic heterocycles. The van der Waals surface area contributed by atoms with Crippen molar-refractivity contribution >= 4 is 11.3 Å². The van der Waals surface area contributed by atoms with Gasteiger partial charge in [-0.25, -0.2) is 0 Å². The zero-order valence-corrected chi connectivity index (χ0v) is 12.6. The molecule has 0 spiro atoms. The molecular weight excluding hydrogens is 270 g/mol. The molecule has 0 aliphatic carbocycles. The van der Waals surface area contributed by atoms with Crippen molar-refractivity contribution in [2.24, 2.45) is 0 Å². The van der Waals surface area contributed by atoms with Gasteiger partial charge in [-0.05, 0) is 17.7 Å². The van der Waals surface area contributed by atoms with Crippen LogP contribution < -0.4 is 5.32 Å². The maximum Gasteiger partial charge on any atom is 0.0700 e. The fraction of sp³-hybridized carbons (Fsp3) is 0.375. The molecule has 0 saturated heterocycles. The van der Waals surface area contributed by atoms with Gasteiger partial charge in [-0.2, -0.15) is 0 Å². The second-order valence-electron chi connectivity index (χ2n) is 4.41. The van der Waals surface area contributed by atoms with Gasteiger partial charge in [0, 0.05) is 30.0 Å². The molecule has 3 nitrogen and oxygen atoms in total. The second-order valence-corrected chi connectivity index (χ2v) is 5.58. The molecule has 0 unspecified atom stereocenters. The molecule has 2 rings (SSSR count). The molecule has 0 aliphatic rings. The number of hydrogen-bond donors (Lipinski definition) is 1. The minimum absolute atomic E-state index is 0.658. The molecule has 1 heterocycles. The van der Waals surface area contributed by atoms with Gasteiger partial charge < -0.3 is 14.8 Å². The Morgan fingerprint density at radius 1 is 1.00 bits per heavy atom. The van der Waals surface area contributed by atoms with Crippen LogP contribution in [0, 0.1) is 0 Å². The highest BCUT2D eigenvalue weighted by molar-refractivity contribution is 7.15. The molecule has 4 heteroatoms. The van der Waals surface area contributed by atoms with Crippen molar-refractivity contribution in [1.29, 1.82) is 0 Å². The van der Waals surface area contributed by atoms with Gasteiger partial charge in [-0.1, -0.05) is 30.3 Å². The first-order valence-electron chi connectivity index (χ1n) is 6.81. The van der Waals surface area contributed by atoms with Crippen molar-refractivity contribution in [3.05, 3.63) is 47.3 Å². The average molecular weight is 291 g/mol. The fourth-order valence-corrected chi connectivity index (χ4v) is 2.81. The van der Waals surface area contributed by atoms with Crippen molar-refractivity contribution < 1.29 is 9.47 Å². The Bertz CT molecular complexity index is 484. The third kappa shape index (κ3) is 5.06. The van der Waals surface area contributed by atoms with Crippen LogP contribution in [0.2, 0.25) is 0 Å². The topological polar surface area (TPSA) is 30.5 Å². The molecular formula is C16H21NO2S. The highest BCUT2D eigenvalue weighted by atomic mass is 32.1. The number of nitrogens with one attached hydrogen (secondary N) is 1. The maximum absolute atomic E-state index is 5.40. The highest BCUT2D eigenvalue weighted by Gasteiger charge is 2.01. The lowest BCUT2D eigenvalue weighted by Crippen LogP contribution is -2.19. The predicted molar refractivity (Wildman–Crippen MR) is 84.2 cm³/mol. The lowest BCUT2D eigenvalue weighted by atomic mass is 10.2. The van der Waals surface area contributed by atoms with Gasteiger partial charge in [0.05, 0.1) is 19.8 Å². The lowest BCUT2D eigenvalue weighted by molar-refractivity contribution is 0.0719. The zero-order valence-electron chi connectivity index (χ0n) is 11.8. The quantitative estimate of drug-likeness (QED) is 0.720. The van der Waals surface area contributed by atoms with Gasteiger partial charge in [0.25, 0.3) is 0 Å². The van der Waals surface area contributed by atoms with Crippen LogP contribution in [-0.4, -0.2) is 33.5 Å². The average Bonchev–Trinajstić information content (AvgIpc) is 2.96. The van der Waals surface area contributed by atoms with Gasteiger partial charge >= 0.3 is 0 Å². The van der Waals surface area contributed by atoms with E-state index in [4.69, 9.17) is 9.47 Å². The first kappa shape index (κ1) is 15.2. The molecule has 0 radical (unpaired) electrons. The molecule has 0 bridgehead atoms. The van der Waals surface area contributed by atoms with Crippen molar-refractivity contribution in [3.63, 3.8) is 0 Å². The third-order valence-corrected chi connectivity index (χ3v) is 4.01. The van der Waals surface area contributed by atoms with Gasteiger partial charge in [0.2, 0.25) is 0 Å². The van der Waals surface area contributed by atoms with Gasteiger partial charge in [-0.15, -0.1) is 11.3 Å². The van der Waals surface area contributed by atoms with E-state index in [1.54, 1.807) is 7.11 Å². The molecule has 0 saturated carbocycles. The van der Waals surface area contributed by atoms with E-state index in [2.05, 4.69) is 41.7 Å². The standard InChI is InChI=1S/C16H21NO2S/c1-18-11-12-19-10-9-17-13-15-7-8-16(20-15)14-5-3-2-4-6-14/h2-8,17H,9-13H2,1H3. The monoisotopic (exact) mass is 291 g/mol. The van der Waals surface area contributed by atoms with Crippen LogP contribution in [0.5, 0.6) is 0 Å². The minimum atomic E-state index is 0.658. The smallest absolute Gasteiger partial charge is 0.0700 e. The molecule has 0 fully saturated rings. The van der Waals surface area contributed by atoms with E-state index in [0.717, 1.165) is 19.7 Å². The largest absolute Gasteiger partial charge is 0.382 e. The Kier molecular flexibility index (Phi) is 6.74. The summed E-state index contributed by atoms with van der Waals surface area (Å²) in [5, 5.41) is 3.39. The van der Waals surface area contributed by atoms with Crippen LogP contribution in [0.4, 0.5) is 0 Å². The summed E-state index contributed by atoms with van der Waals surface area (Å²) in [6.07, 6.45) is 0. The van der Waals surface area contributed by atoms with E-state index in [-0.39, 0.29) is 0 Å². The van der Waals surface area contributed by atoms with E-state index < -0.39 is 0 Å². The van der Waals surface area contributed by atoms with Crippen LogP contribution in [0.1, 0.15) is 4.88 Å². The SMILES string of the molecule is COCCOCCNCc1ccc(-c2ccccc2)s1. The highest BCUT2D eigenvalue weighted by Crippen LogP contribution is 2.27. The summed E-state index contributed by atoms with van der Waals surface area (Å²) in [6, 6.07) is 14.9. The number of ether oxygens (including phenoxy) is 2. The predicted octanol–water partition coefficient (Wildman–Crippen LogP) is 3.17. The molecule has 2 aromatic rings. The molecule has 1 aromatic carbocycles. The first-order valence-corrected chi connectivity index (χ1v) is 7.63. The summed E-state index contributed by atoms with van der Waals surface area (Å²) in [7, 11) is 1.68. The van der Waals surface area contributed by atoms with Crippen molar-refractivity contribution in [1.82, 2.24) is 5.32 Å². The Hall–Kier alpha value is -1.20. The van der Waals surface area contributed by atoms with Crippen LogP contribution in [-0.2, 0) is 16.0 Å². The van der Waals surface area contributed by atoms with Crippen molar-refractivity contribution in [2.75, 3.05) is 33.5 Å². The number of methoxy groups -OCH3 is 1. The molecule has 1 aromatic heterocycles. The van der Waals surface area contributed by atoms with Crippen LogP contribution in [0.3, 0.4) is 0 Å². The van der Waals surface area contributed by atoms with Gasteiger partial charge in [-0.3, -0.25) is 0 Å². The molecule has 20 heavy (non-hydrogen) atoms. The number of benzene rings is 1. The summed E-state index contributed by atoms with van der Waals surface area (Å²) >= 11 is 1.83. The Labute approximate surface area is 124 Å². The van der Waals surface area contributed by atoms with Crippen LogP contribution in [0.15, 0.2) is 42.5 Å². The lowest BCUT2D eigenvalue weighted by Gasteiger charge is -2.04. The van der Waals surface area contributed by atoms with Crippen LogP contribution >= 0.6 is 11.3 Å². The van der Waals surface area contributed by atoms with E-state index in [1.165, 1.54) is 15.3 Å². The molecule has 0 atom stereocenters. The van der Waals surface area contributed by atoms with E-state index >= 15 is 0 Å². The van der Waals surface area contributed by atoms with Crippen molar-refractivity contribution in [3.8, 4) is 10.4 Å². The summed E-state index contributed by atoms with van der Waals surface area (Å²) in [6.45, 7) is 3.80. The second kappa shape index (κ2) is 8.87. The number of thiophene rings is 1. The summed E-state index contributed by atoms with van der Waals surface area (Å²) < 4.78 is 10.3. The zero-order chi connectivity index (χ0) is 14.0. The van der Waals surface area contributed by atoms with E-state index in [1.807, 2.05) is 17.4 Å². The third-order valence-electron chi connectivity index (χ3n) is 2.87. The fourth-order valence-electron chi connectivity index (χ4n) is 1.83. The van der Waals surface area contributed by atoms with Crippen LogP contribution in [0.25, 0.3) is 10.4 Å². The normalized spacial score (nSPS) is 10.8. The van der Waals surface area contributed by atoms with E-state index in [9.17, 15) is 0 Å². The molecule has 108 valence electrons. The molecule has 0 amide bonds. The van der Waals surface area contributed by atoms with Crippen molar-refractivity contribution in [2.45, 2.75) is 6.54 Å². The Morgan fingerprint density at radius 3 is 2.65 bits per heavy atom. The summed E-state index contributed by atoms with van der Waals surface area (Å²) in [4.78, 5) is 2.67.